The molecular formula is C30H35NO3. The average molecular weight is 458 g/mol. The number of para-hydroxylation sites is 1. The van der Waals surface area contributed by atoms with Crippen LogP contribution in [0.15, 0.2) is 72.8 Å². The number of piperidine rings is 1. The van der Waals surface area contributed by atoms with Gasteiger partial charge in [0.05, 0.1) is 7.11 Å². The van der Waals surface area contributed by atoms with Gasteiger partial charge in [0.15, 0.2) is 0 Å². The highest BCUT2D eigenvalue weighted by Gasteiger charge is 2.24. The van der Waals surface area contributed by atoms with Crippen molar-refractivity contribution in [1.82, 2.24) is 4.90 Å². The molecule has 1 saturated heterocycles. The molecule has 1 aliphatic rings. The van der Waals surface area contributed by atoms with Crippen LogP contribution < -0.4 is 9.47 Å². The van der Waals surface area contributed by atoms with Crippen molar-refractivity contribution in [2.24, 2.45) is 5.92 Å². The highest BCUT2D eigenvalue weighted by molar-refractivity contribution is 5.94. The summed E-state index contributed by atoms with van der Waals surface area (Å²) in [4.78, 5) is 15.3. The third-order valence-electron chi connectivity index (χ3n) is 6.72. The smallest absolute Gasteiger partial charge is 0.253 e. The van der Waals surface area contributed by atoms with E-state index in [1.54, 1.807) is 7.11 Å². The summed E-state index contributed by atoms with van der Waals surface area (Å²) in [5.74, 6) is 2.70. The van der Waals surface area contributed by atoms with E-state index >= 15 is 0 Å². The first kappa shape index (κ1) is 23.9. The van der Waals surface area contributed by atoms with Gasteiger partial charge < -0.3 is 14.4 Å². The molecule has 0 unspecified atom stereocenters. The Balaban J connectivity index is 1.41. The molecule has 1 fully saturated rings. The van der Waals surface area contributed by atoms with Crippen molar-refractivity contribution in [2.75, 3.05) is 20.2 Å². The number of benzene rings is 3. The second-order valence-electron chi connectivity index (χ2n) is 9.43. The van der Waals surface area contributed by atoms with Gasteiger partial charge in [-0.2, -0.15) is 0 Å². The lowest BCUT2D eigenvalue weighted by Gasteiger charge is -2.32. The number of carbonyl (C=O) groups is 1. The molecule has 4 heteroatoms. The van der Waals surface area contributed by atoms with Gasteiger partial charge in [-0.15, -0.1) is 0 Å². The summed E-state index contributed by atoms with van der Waals surface area (Å²) < 4.78 is 11.7. The molecule has 1 heterocycles. The first-order valence-electron chi connectivity index (χ1n) is 12.3. The number of likely N-dealkylation sites (tertiary alicyclic amines) is 1. The third-order valence-corrected chi connectivity index (χ3v) is 6.72. The molecule has 0 bridgehead atoms. The lowest BCUT2D eigenvalue weighted by atomic mass is 9.90. The van der Waals surface area contributed by atoms with Crippen LogP contribution in [-0.2, 0) is 13.0 Å². The van der Waals surface area contributed by atoms with Crippen LogP contribution in [-0.4, -0.2) is 31.0 Å². The van der Waals surface area contributed by atoms with Crippen LogP contribution >= 0.6 is 0 Å². The van der Waals surface area contributed by atoms with Gasteiger partial charge in [-0.25, -0.2) is 0 Å². The van der Waals surface area contributed by atoms with E-state index in [0.29, 0.717) is 24.0 Å². The van der Waals surface area contributed by atoms with E-state index in [0.717, 1.165) is 49.4 Å². The zero-order chi connectivity index (χ0) is 23.9. The Labute approximate surface area is 203 Å². The van der Waals surface area contributed by atoms with Crippen molar-refractivity contribution in [3.05, 3.63) is 95.1 Å². The highest BCUT2D eigenvalue weighted by Crippen LogP contribution is 2.29. The topological polar surface area (TPSA) is 38.8 Å². The van der Waals surface area contributed by atoms with E-state index in [9.17, 15) is 4.79 Å². The van der Waals surface area contributed by atoms with Crippen LogP contribution in [0.5, 0.6) is 11.5 Å². The summed E-state index contributed by atoms with van der Waals surface area (Å²) in [7, 11) is 1.65. The third kappa shape index (κ3) is 5.80. The maximum absolute atomic E-state index is 13.3. The molecule has 4 rings (SSSR count). The van der Waals surface area contributed by atoms with Crippen LogP contribution in [0, 0.1) is 5.92 Å². The Bertz CT molecular complexity index is 1090. The summed E-state index contributed by atoms with van der Waals surface area (Å²) in [6, 6.07) is 24.4. The summed E-state index contributed by atoms with van der Waals surface area (Å²) in [6.45, 7) is 6.27. The number of carbonyl (C=O) groups excluding carboxylic acids is 1. The lowest BCUT2D eigenvalue weighted by Crippen LogP contribution is -2.39. The summed E-state index contributed by atoms with van der Waals surface area (Å²) in [6.07, 6.45) is 3.17. The fourth-order valence-corrected chi connectivity index (χ4v) is 4.74. The molecule has 34 heavy (non-hydrogen) atoms. The summed E-state index contributed by atoms with van der Waals surface area (Å²) in [5, 5.41) is 0. The van der Waals surface area contributed by atoms with Gasteiger partial charge in [0, 0.05) is 24.2 Å². The van der Waals surface area contributed by atoms with Crippen LogP contribution in [0.3, 0.4) is 0 Å². The quantitative estimate of drug-likeness (QED) is 0.388. The van der Waals surface area contributed by atoms with Crippen molar-refractivity contribution in [2.45, 2.75) is 45.6 Å². The molecule has 178 valence electrons. The molecule has 0 N–H and O–H groups in total. The van der Waals surface area contributed by atoms with Gasteiger partial charge in [0.2, 0.25) is 0 Å². The van der Waals surface area contributed by atoms with Gasteiger partial charge >= 0.3 is 0 Å². The first-order valence-corrected chi connectivity index (χ1v) is 12.3. The van der Waals surface area contributed by atoms with E-state index in [-0.39, 0.29) is 5.91 Å². The molecule has 0 spiro atoms. The largest absolute Gasteiger partial charge is 0.496 e. The molecule has 0 aromatic heterocycles. The molecule has 3 aromatic rings. The molecule has 1 amide bonds. The number of hydrogen-bond acceptors (Lipinski definition) is 3. The Morgan fingerprint density at radius 1 is 0.941 bits per heavy atom. The number of amides is 1. The van der Waals surface area contributed by atoms with E-state index in [1.165, 1.54) is 11.1 Å². The molecule has 0 radical (unpaired) electrons. The Morgan fingerprint density at radius 3 is 2.35 bits per heavy atom. The van der Waals surface area contributed by atoms with Gasteiger partial charge in [-0.05, 0) is 66.5 Å². The minimum Gasteiger partial charge on any atom is -0.496 e. The fourth-order valence-electron chi connectivity index (χ4n) is 4.74. The zero-order valence-electron chi connectivity index (χ0n) is 20.5. The van der Waals surface area contributed by atoms with E-state index in [1.807, 2.05) is 41.3 Å². The molecular weight excluding hydrogens is 422 g/mol. The van der Waals surface area contributed by atoms with Crippen LogP contribution in [0.4, 0.5) is 0 Å². The molecule has 4 nitrogen and oxygen atoms in total. The van der Waals surface area contributed by atoms with Gasteiger partial charge in [-0.1, -0.05) is 62.4 Å². The van der Waals surface area contributed by atoms with Crippen LogP contribution in [0.25, 0.3) is 0 Å². The number of hydrogen-bond donors (Lipinski definition) is 0. The summed E-state index contributed by atoms with van der Waals surface area (Å²) in [5.41, 5.74) is 4.13. The highest BCUT2D eigenvalue weighted by atomic mass is 16.5. The predicted octanol–water partition coefficient (Wildman–Crippen LogP) is 6.49. The minimum absolute atomic E-state index is 0.0876. The molecule has 1 aliphatic heterocycles. The monoisotopic (exact) mass is 457 g/mol. The average Bonchev–Trinajstić information content (AvgIpc) is 2.88. The normalized spacial score (nSPS) is 14.3. The second-order valence-corrected chi connectivity index (χ2v) is 9.43. The molecule has 0 atom stereocenters. The number of methoxy groups -OCH3 is 1. The van der Waals surface area contributed by atoms with E-state index in [4.69, 9.17) is 9.47 Å². The second kappa shape index (κ2) is 11.2. The Hall–Kier alpha value is -3.27. The van der Waals surface area contributed by atoms with Gasteiger partial charge in [0.25, 0.3) is 5.91 Å². The van der Waals surface area contributed by atoms with E-state index in [2.05, 4.69) is 50.2 Å². The van der Waals surface area contributed by atoms with Crippen molar-refractivity contribution >= 4 is 5.91 Å². The lowest BCUT2D eigenvalue weighted by molar-refractivity contribution is 0.0690. The number of ether oxygens (including phenoxy) is 2. The molecule has 0 aliphatic carbocycles. The standard InChI is InChI=1S/C30H35NO3/c1-22(2)27-11-7-8-12-29(27)34-21-26-20-25(13-14-28(26)33-3)30(32)31-17-15-24(16-18-31)19-23-9-5-4-6-10-23/h4-14,20,22,24H,15-19,21H2,1-3H3. The maximum atomic E-state index is 13.3. The van der Waals surface area contributed by atoms with Crippen molar-refractivity contribution in [1.29, 1.82) is 0 Å². The van der Waals surface area contributed by atoms with Crippen molar-refractivity contribution < 1.29 is 14.3 Å². The SMILES string of the molecule is COc1ccc(C(=O)N2CCC(Cc3ccccc3)CC2)cc1COc1ccccc1C(C)C. The van der Waals surface area contributed by atoms with Crippen molar-refractivity contribution in [3.8, 4) is 11.5 Å². The molecule has 0 saturated carbocycles. The minimum atomic E-state index is 0.0876. The van der Waals surface area contributed by atoms with Crippen LogP contribution in [0.1, 0.15) is 59.7 Å². The van der Waals surface area contributed by atoms with E-state index < -0.39 is 0 Å². The molecule has 3 aromatic carbocycles. The van der Waals surface area contributed by atoms with Gasteiger partial charge in [-0.3, -0.25) is 4.79 Å². The first-order chi connectivity index (χ1) is 16.5. The Kier molecular flexibility index (Phi) is 7.89. The number of nitrogens with zero attached hydrogens (tertiary/aromatic N) is 1. The van der Waals surface area contributed by atoms with Gasteiger partial charge in [0.1, 0.15) is 18.1 Å². The van der Waals surface area contributed by atoms with Crippen LogP contribution in [0.2, 0.25) is 0 Å². The summed E-state index contributed by atoms with van der Waals surface area (Å²) >= 11 is 0. The maximum Gasteiger partial charge on any atom is 0.253 e. The van der Waals surface area contributed by atoms with Crippen molar-refractivity contribution in [3.63, 3.8) is 0 Å². The fraction of sp³-hybridized carbons (Fsp3) is 0.367. The predicted molar refractivity (Wildman–Crippen MR) is 137 cm³/mol. The number of rotatable bonds is 8. The Morgan fingerprint density at radius 2 is 1.65 bits per heavy atom. The zero-order valence-corrected chi connectivity index (χ0v) is 20.5.